The molecule has 42 valence electrons. The van der Waals surface area contributed by atoms with E-state index >= 15 is 0 Å². The molecule has 0 spiro atoms. The van der Waals surface area contributed by atoms with Crippen LogP contribution in [-0.2, 0) is 9.13 Å². The second-order valence-electron chi connectivity index (χ2n) is 1.21. The van der Waals surface area contributed by atoms with Gasteiger partial charge in [0, 0.05) is 0 Å². The number of hydrogen-bond donors (Lipinski definition) is 0. The Bertz CT molecular complexity index is 213. The molecule has 0 unspecified atom stereocenters. The molecule has 0 N–H and O–H groups in total. The Morgan fingerprint density at radius 3 is 2.50 bits per heavy atom. The summed E-state index contributed by atoms with van der Waals surface area (Å²) in [5.41, 5.74) is 0.0139. The second-order valence-corrected chi connectivity index (χ2v) is 2.16. The van der Waals surface area contributed by atoms with Crippen molar-refractivity contribution in [1.29, 1.82) is 0 Å². The highest BCUT2D eigenvalue weighted by Crippen LogP contribution is 2.02. The van der Waals surface area contributed by atoms with Gasteiger partial charge >= 0.3 is 7.68 Å². The Kier molecular flexibility index (Phi) is 1.31. The molecule has 0 saturated heterocycles. The molecular formula is C4H3O3P. The van der Waals surface area contributed by atoms with Crippen LogP contribution in [0.5, 0.6) is 0 Å². The highest BCUT2D eigenvalue weighted by atomic mass is 31.1. The molecule has 1 aromatic rings. The number of furan rings is 1. The molecule has 0 aliphatic heterocycles. The summed E-state index contributed by atoms with van der Waals surface area (Å²) < 4.78 is 24.5. The molecule has 1 heterocycles. The first-order valence-electron chi connectivity index (χ1n) is 1.98. The molecule has 0 atom stereocenters. The highest BCUT2D eigenvalue weighted by molar-refractivity contribution is 7.40. The van der Waals surface area contributed by atoms with E-state index in [0.29, 0.717) is 0 Å². The van der Waals surface area contributed by atoms with Crippen molar-refractivity contribution >= 4 is 13.2 Å². The van der Waals surface area contributed by atoms with Crippen LogP contribution in [0, 0.1) is 0 Å². The molecule has 0 saturated carbocycles. The minimum Gasteiger partial charge on any atom is -0.454 e. The molecule has 0 aliphatic carbocycles. The smallest absolute Gasteiger partial charge is 0.384 e. The van der Waals surface area contributed by atoms with E-state index in [0.717, 1.165) is 0 Å². The third kappa shape index (κ3) is 0.873. The molecular weight excluding hydrogens is 127 g/mol. The van der Waals surface area contributed by atoms with Crippen LogP contribution in [0.2, 0.25) is 0 Å². The van der Waals surface area contributed by atoms with E-state index in [1.165, 1.54) is 18.4 Å². The molecule has 0 aromatic carbocycles. The van der Waals surface area contributed by atoms with Crippen LogP contribution in [0.15, 0.2) is 22.8 Å². The molecule has 0 amide bonds. The summed E-state index contributed by atoms with van der Waals surface area (Å²) in [6.07, 6.45) is 1.32. The molecule has 1 rings (SSSR count). The van der Waals surface area contributed by atoms with Crippen LogP contribution in [0.1, 0.15) is 0 Å². The van der Waals surface area contributed by atoms with Crippen molar-refractivity contribution in [3.8, 4) is 0 Å². The van der Waals surface area contributed by atoms with E-state index in [1.807, 2.05) is 0 Å². The van der Waals surface area contributed by atoms with Crippen molar-refractivity contribution in [3.63, 3.8) is 0 Å². The van der Waals surface area contributed by atoms with Gasteiger partial charge < -0.3 is 4.42 Å². The van der Waals surface area contributed by atoms with Gasteiger partial charge in [-0.3, -0.25) is 0 Å². The lowest BCUT2D eigenvalue weighted by Gasteiger charge is -1.68. The van der Waals surface area contributed by atoms with Crippen LogP contribution in [0.4, 0.5) is 0 Å². The minimum atomic E-state index is -2.53. The minimum absolute atomic E-state index is 0.0139. The predicted octanol–water partition coefficient (Wildman–Crippen LogP) is 1.08. The number of hydrogen-bond acceptors (Lipinski definition) is 3. The van der Waals surface area contributed by atoms with Crippen LogP contribution in [0.25, 0.3) is 0 Å². The first-order valence-corrected chi connectivity index (χ1v) is 3.16. The summed E-state index contributed by atoms with van der Waals surface area (Å²) in [5, 5.41) is 0. The molecule has 0 bridgehead atoms. The van der Waals surface area contributed by atoms with Crippen molar-refractivity contribution in [2.75, 3.05) is 0 Å². The molecule has 0 radical (unpaired) electrons. The lowest BCUT2D eigenvalue weighted by atomic mass is 10.7. The van der Waals surface area contributed by atoms with Gasteiger partial charge in [0.25, 0.3) is 0 Å². The van der Waals surface area contributed by atoms with E-state index in [-0.39, 0.29) is 5.50 Å². The van der Waals surface area contributed by atoms with Gasteiger partial charge in [-0.2, -0.15) is 0 Å². The zero-order valence-corrected chi connectivity index (χ0v) is 4.80. The molecule has 0 aliphatic rings. The second kappa shape index (κ2) is 1.97. The molecule has 1 aromatic heterocycles. The zero-order chi connectivity index (χ0) is 5.98. The van der Waals surface area contributed by atoms with Crippen LogP contribution >= 0.6 is 7.68 Å². The summed E-state index contributed by atoms with van der Waals surface area (Å²) in [7, 11) is -2.53. The fraction of sp³-hybridized carbons (Fsp3) is 0. The van der Waals surface area contributed by atoms with Gasteiger partial charge in [-0.15, -0.1) is 0 Å². The van der Waals surface area contributed by atoms with Crippen molar-refractivity contribution in [2.24, 2.45) is 0 Å². The van der Waals surface area contributed by atoms with Crippen molar-refractivity contribution in [2.45, 2.75) is 0 Å². The summed E-state index contributed by atoms with van der Waals surface area (Å²) in [6, 6.07) is 2.92. The summed E-state index contributed by atoms with van der Waals surface area (Å²) in [5.74, 6) is 0. The zero-order valence-electron chi connectivity index (χ0n) is 3.90. The lowest BCUT2D eigenvalue weighted by Crippen LogP contribution is -1.80. The molecule has 8 heavy (non-hydrogen) atoms. The summed E-state index contributed by atoms with van der Waals surface area (Å²) in [6.45, 7) is 0. The van der Waals surface area contributed by atoms with Gasteiger partial charge in [-0.1, -0.05) is 0 Å². The summed E-state index contributed by atoms with van der Waals surface area (Å²) in [4.78, 5) is 0. The van der Waals surface area contributed by atoms with Gasteiger partial charge in [-0.05, 0) is 12.1 Å². The van der Waals surface area contributed by atoms with Crippen molar-refractivity contribution in [1.82, 2.24) is 0 Å². The maximum atomic E-state index is 10.0. The first-order chi connectivity index (χ1) is 3.80. The van der Waals surface area contributed by atoms with E-state index in [1.54, 1.807) is 0 Å². The summed E-state index contributed by atoms with van der Waals surface area (Å²) >= 11 is 0. The Labute approximate surface area is 46.1 Å². The number of rotatable bonds is 1. The van der Waals surface area contributed by atoms with Crippen molar-refractivity contribution < 1.29 is 13.5 Å². The third-order valence-electron chi connectivity index (χ3n) is 0.686. The maximum Gasteiger partial charge on any atom is 0.384 e. The monoisotopic (exact) mass is 130 g/mol. The van der Waals surface area contributed by atoms with Gasteiger partial charge in [0.2, 0.25) is 5.50 Å². The predicted molar refractivity (Wildman–Crippen MR) is 26.6 cm³/mol. The average molecular weight is 130 g/mol. The van der Waals surface area contributed by atoms with Gasteiger partial charge in [0.15, 0.2) is 0 Å². The Balaban J connectivity index is 3.11. The van der Waals surface area contributed by atoms with Gasteiger partial charge in [0.05, 0.1) is 6.26 Å². The fourth-order valence-corrected chi connectivity index (χ4v) is 0.728. The SMILES string of the molecule is O=P(=O)c1ccco1. The van der Waals surface area contributed by atoms with E-state index in [4.69, 9.17) is 0 Å². The molecule has 0 fully saturated rings. The first kappa shape index (κ1) is 5.32. The largest absolute Gasteiger partial charge is 0.454 e. The third-order valence-corrected chi connectivity index (χ3v) is 1.30. The molecule has 4 heteroatoms. The van der Waals surface area contributed by atoms with E-state index in [2.05, 4.69) is 4.42 Å². The van der Waals surface area contributed by atoms with E-state index < -0.39 is 7.68 Å². The van der Waals surface area contributed by atoms with Crippen molar-refractivity contribution in [3.05, 3.63) is 18.4 Å². The molecule has 3 nitrogen and oxygen atoms in total. The van der Waals surface area contributed by atoms with Crippen LogP contribution < -0.4 is 5.50 Å². The van der Waals surface area contributed by atoms with Gasteiger partial charge in [-0.25, -0.2) is 9.13 Å². The van der Waals surface area contributed by atoms with E-state index in [9.17, 15) is 9.13 Å². The maximum absolute atomic E-state index is 10.0. The standard InChI is InChI=1S/C4H3O3P/c5-8(6)4-2-1-3-7-4/h1-3H. The highest BCUT2D eigenvalue weighted by Gasteiger charge is 1.97. The van der Waals surface area contributed by atoms with Crippen LogP contribution in [-0.4, -0.2) is 0 Å². The average Bonchev–Trinajstić information content (AvgIpc) is 2.12. The van der Waals surface area contributed by atoms with Gasteiger partial charge in [0.1, 0.15) is 0 Å². The Hall–Kier alpha value is -0.820. The topological polar surface area (TPSA) is 47.3 Å². The Morgan fingerprint density at radius 1 is 1.50 bits per heavy atom. The quantitative estimate of drug-likeness (QED) is 0.534. The van der Waals surface area contributed by atoms with Crippen LogP contribution in [0.3, 0.4) is 0 Å². The normalized spacial score (nSPS) is 9.00. The fourth-order valence-electron chi connectivity index (χ4n) is 0.374. The Morgan fingerprint density at radius 2 is 2.25 bits per heavy atom. The lowest BCUT2D eigenvalue weighted by molar-refractivity contribution is 0.509.